The summed E-state index contributed by atoms with van der Waals surface area (Å²) in [4.78, 5) is 14.8. The van der Waals surface area contributed by atoms with Crippen molar-refractivity contribution in [3.05, 3.63) is 54.4 Å². The Bertz CT molecular complexity index is 774. The molecule has 0 spiro atoms. The highest BCUT2D eigenvalue weighted by atomic mass is 35.5. The second-order valence-corrected chi connectivity index (χ2v) is 8.92. The predicted octanol–water partition coefficient (Wildman–Crippen LogP) is 3.51. The van der Waals surface area contributed by atoms with Gasteiger partial charge in [0.25, 0.3) is 0 Å². The number of hydrogen-bond acceptors (Lipinski definition) is 4. The van der Waals surface area contributed by atoms with Crippen LogP contribution in [0.1, 0.15) is 37.7 Å². The van der Waals surface area contributed by atoms with Crippen LogP contribution in [0.5, 0.6) is 0 Å². The number of rotatable bonds is 10. The molecule has 1 aromatic carbocycles. The molecule has 178 valence electrons. The van der Waals surface area contributed by atoms with Gasteiger partial charge in [0.15, 0.2) is 0 Å². The van der Waals surface area contributed by atoms with Crippen LogP contribution < -0.4 is 10.6 Å². The van der Waals surface area contributed by atoms with E-state index in [2.05, 4.69) is 51.0 Å². The Hall–Kier alpha value is -1.60. The molecule has 1 aromatic heterocycles. The minimum atomic E-state index is 0. The Morgan fingerprint density at radius 3 is 2.75 bits per heavy atom. The fourth-order valence-corrected chi connectivity index (χ4v) is 5.05. The Kier molecular flexibility index (Phi) is 11.5. The largest absolute Gasteiger partial charge is 0.356 e. The highest BCUT2D eigenvalue weighted by Gasteiger charge is 2.35. The van der Waals surface area contributed by atoms with E-state index in [9.17, 15) is 4.79 Å². The van der Waals surface area contributed by atoms with Crippen LogP contribution in [0.25, 0.3) is 0 Å². The zero-order valence-electron chi connectivity index (χ0n) is 18.7. The molecule has 2 aromatic rings. The fourth-order valence-electron chi connectivity index (χ4n) is 5.05. The monoisotopic (exact) mass is 481 g/mol. The second-order valence-electron chi connectivity index (χ2n) is 8.92. The lowest BCUT2D eigenvalue weighted by molar-refractivity contribution is -0.121. The Morgan fingerprint density at radius 1 is 1.12 bits per heavy atom. The van der Waals surface area contributed by atoms with Crippen molar-refractivity contribution in [1.82, 2.24) is 25.3 Å². The summed E-state index contributed by atoms with van der Waals surface area (Å²) in [7, 11) is 0. The smallest absolute Gasteiger partial charge is 0.219 e. The molecular formula is C24H37Cl2N5O. The Morgan fingerprint density at radius 2 is 1.97 bits per heavy atom. The molecule has 3 atom stereocenters. The van der Waals surface area contributed by atoms with Crippen LogP contribution in [-0.4, -0.2) is 52.8 Å². The third kappa shape index (κ3) is 8.07. The van der Waals surface area contributed by atoms with E-state index in [-0.39, 0.29) is 30.7 Å². The number of piperidine rings is 2. The van der Waals surface area contributed by atoms with E-state index in [0.29, 0.717) is 18.4 Å². The lowest BCUT2D eigenvalue weighted by Crippen LogP contribution is -2.55. The summed E-state index contributed by atoms with van der Waals surface area (Å²) < 4.78 is 1.90. The lowest BCUT2D eigenvalue weighted by Gasteiger charge is -2.46. The molecule has 0 saturated carbocycles. The summed E-state index contributed by atoms with van der Waals surface area (Å²) in [6.45, 7) is 6.11. The van der Waals surface area contributed by atoms with Gasteiger partial charge >= 0.3 is 0 Å². The number of carbonyl (C=O) groups is 1. The summed E-state index contributed by atoms with van der Waals surface area (Å²) in [6.07, 6.45) is 8.67. The third-order valence-electron chi connectivity index (χ3n) is 6.50. The van der Waals surface area contributed by atoms with Gasteiger partial charge in [-0.15, -0.1) is 24.8 Å². The van der Waals surface area contributed by atoms with Crippen LogP contribution in [0.4, 0.5) is 0 Å². The molecule has 8 heteroatoms. The number of fused-ring (bicyclic) bond motifs is 2. The highest BCUT2D eigenvalue weighted by molar-refractivity contribution is 5.85. The van der Waals surface area contributed by atoms with Crippen LogP contribution in [0.3, 0.4) is 0 Å². The van der Waals surface area contributed by atoms with Gasteiger partial charge in [-0.3, -0.25) is 14.4 Å². The summed E-state index contributed by atoms with van der Waals surface area (Å²) >= 11 is 0. The van der Waals surface area contributed by atoms with Crippen LogP contribution in [0.2, 0.25) is 0 Å². The van der Waals surface area contributed by atoms with Gasteiger partial charge in [-0.05, 0) is 55.7 Å². The van der Waals surface area contributed by atoms with Crippen molar-refractivity contribution in [1.29, 1.82) is 0 Å². The van der Waals surface area contributed by atoms with Crippen molar-refractivity contribution in [2.75, 3.05) is 26.2 Å². The molecule has 2 aliphatic rings. The molecule has 2 bridgehead atoms. The first kappa shape index (κ1) is 26.7. The molecule has 2 saturated heterocycles. The van der Waals surface area contributed by atoms with E-state index >= 15 is 0 Å². The molecule has 0 aliphatic carbocycles. The molecular weight excluding hydrogens is 445 g/mol. The number of likely N-dealkylation sites (tertiary alicyclic amines) is 1. The maximum atomic E-state index is 12.2. The molecule has 1 amide bonds. The Labute approximate surface area is 204 Å². The molecule has 2 unspecified atom stereocenters. The molecule has 6 nitrogen and oxygen atoms in total. The van der Waals surface area contributed by atoms with Gasteiger partial charge in [-0.1, -0.05) is 30.3 Å². The lowest BCUT2D eigenvalue weighted by atomic mass is 9.79. The number of nitrogens with one attached hydrogen (secondary N) is 2. The summed E-state index contributed by atoms with van der Waals surface area (Å²) in [5.74, 6) is 1.65. The maximum Gasteiger partial charge on any atom is 0.219 e. The standard InChI is InChI=1S/C24H35N5O.2ClH/c30-24(25-11-5-13-29-14-6-12-27-29)10-4-9-23-22-15-21(16-26-23)18-28(19-22)17-20-7-2-1-3-8-20;;/h1-3,6-8,12,14,21-23,26H,4-5,9-11,13,15-19H2,(H,25,30);2*1H/t21?,22?,23-;;/m1../s1. The minimum absolute atomic E-state index is 0. The van der Waals surface area contributed by atoms with Crippen LogP contribution >= 0.6 is 24.8 Å². The van der Waals surface area contributed by atoms with Gasteiger partial charge in [-0.2, -0.15) is 5.10 Å². The number of carbonyl (C=O) groups excluding carboxylic acids is 1. The van der Waals surface area contributed by atoms with E-state index in [1.165, 1.54) is 25.1 Å². The first-order valence-electron chi connectivity index (χ1n) is 11.5. The topological polar surface area (TPSA) is 62.2 Å². The minimum Gasteiger partial charge on any atom is -0.356 e. The average Bonchev–Trinajstić information content (AvgIpc) is 3.27. The molecule has 3 heterocycles. The van der Waals surface area contributed by atoms with Gasteiger partial charge in [0.2, 0.25) is 5.91 Å². The normalized spacial score (nSPS) is 22.4. The third-order valence-corrected chi connectivity index (χ3v) is 6.50. The zero-order chi connectivity index (χ0) is 20.6. The number of halogens is 2. The SMILES string of the molecule is Cl.Cl.O=C(CCC[C@H]1NCC2CC1CN(Cc1ccccc1)C2)NCCCn1cccn1. The van der Waals surface area contributed by atoms with E-state index in [4.69, 9.17) is 0 Å². The van der Waals surface area contributed by atoms with Gasteiger partial charge in [0, 0.05) is 57.6 Å². The molecule has 2 aliphatic heterocycles. The number of benzene rings is 1. The molecule has 2 fully saturated rings. The summed E-state index contributed by atoms with van der Waals surface area (Å²) in [5, 5.41) is 11.0. The van der Waals surface area contributed by atoms with Crippen LogP contribution in [-0.2, 0) is 17.9 Å². The number of hydrogen-bond donors (Lipinski definition) is 2. The summed E-state index contributed by atoms with van der Waals surface area (Å²) in [5.41, 5.74) is 1.41. The van der Waals surface area contributed by atoms with E-state index in [1.54, 1.807) is 6.20 Å². The van der Waals surface area contributed by atoms with Gasteiger partial charge in [-0.25, -0.2) is 0 Å². The Balaban J connectivity index is 0.00000181. The fraction of sp³-hybridized carbons (Fsp3) is 0.583. The number of nitrogens with zero attached hydrogens (tertiary/aromatic N) is 3. The maximum absolute atomic E-state index is 12.2. The molecule has 32 heavy (non-hydrogen) atoms. The van der Waals surface area contributed by atoms with Crippen molar-refractivity contribution in [3.63, 3.8) is 0 Å². The van der Waals surface area contributed by atoms with Crippen molar-refractivity contribution >= 4 is 30.7 Å². The van der Waals surface area contributed by atoms with E-state index in [1.807, 2.05) is 16.9 Å². The van der Waals surface area contributed by atoms with Crippen molar-refractivity contribution in [2.45, 2.75) is 51.2 Å². The van der Waals surface area contributed by atoms with Crippen LogP contribution in [0, 0.1) is 11.8 Å². The van der Waals surface area contributed by atoms with Crippen molar-refractivity contribution in [3.8, 4) is 0 Å². The van der Waals surface area contributed by atoms with Gasteiger partial charge in [0.05, 0.1) is 0 Å². The quantitative estimate of drug-likeness (QED) is 0.509. The first-order chi connectivity index (χ1) is 14.8. The average molecular weight is 483 g/mol. The zero-order valence-corrected chi connectivity index (χ0v) is 20.3. The number of amides is 1. The van der Waals surface area contributed by atoms with Gasteiger partial charge in [0.1, 0.15) is 0 Å². The predicted molar refractivity (Wildman–Crippen MR) is 133 cm³/mol. The summed E-state index contributed by atoms with van der Waals surface area (Å²) in [6, 6.07) is 13.3. The van der Waals surface area contributed by atoms with Crippen molar-refractivity contribution < 1.29 is 4.79 Å². The number of aryl methyl sites for hydroxylation is 1. The second kappa shape index (κ2) is 13.8. The van der Waals surface area contributed by atoms with E-state index in [0.717, 1.165) is 51.4 Å². The number of aromatic nitrogens is 2. The first-order valence-corrected chi connectivity index (χ1v) is 11.5. The van der Waals surface area contributed by atoms with Crippen LogP contribution in [0.15, 0.2) is 48.8 Å². The van der Waals surface area contributed by atoms with Crippen molar-refractivity contribution in [2.24, 2.45) is 11.8 Å². The molecule has 0 radical (unpaired) electrons. The highest BCUT2D eigenvalue weighted by Crippen LogP contribution is 2.31. The molecule has 2 N–H and O–H groups in total. The molecule has 4 rings (SSSR count). The van der Waals surface area contributed by atoms with E-state index < -0.39 is 0 Å². The van der Waals surface area contributed by atoms with Gasteiger partial charge < -0.3 is 10.6 Å².